The van der Waals surface area contributed by atoms with Gasteiger partial charge in [-0.25, -0.2) is 0 Å². The van der Waals surface area contributed by atoms with E-state index in [0.29, 0.717) is 12.1 Å². The molecule has 2 fully saturated rings. The minimum atomic E-state index is 0.684. The Labute approximate surface area is 136 Å². The Morgan fingerprint density at radius 2 is 1.00 bits per heavy atom. The Bertz CT molecular complexity index is 437. The van der Waals surface area contributed by atoms with Crippen LogP contribution in [0.3, 0.4) is 0 Å². The highest BCUT2D eigenvalue weighted by molar-refractivity contribution is 5.64. The van der Waals surface area contributed by atoms with E-state index in [-0.39, 0.29) is 0 Å². The normalized spacial score (nSPS) is 20.8. The largest absolute Gasteiger partial charge is 0.382 e. The molecule has 0 saturated heterocycles. The fraction of sp³-hybridized carbons (Fsp3) is 0.700. The minimum absolute atomic E-state index is 0.684. The Kier molecular flexibility index (Phi) is 5.28. The van der Waals surface area contributed by atoms with Crippen LogP contribution in [-0.4, -0.2) is 12.1 Å². The molecule has 1 aromatic carbocycles. The number of hydrogen-bond acceptors (Lipinski definition) is 2. The summed E-state index contributed by atoms with van der Waals surface area (Å²) >= 11 is 0. The number of hydrogen-bond donors (Lipinski definition) is 2. The summed E-state index contributed by atoms with van der Waals surface area (Å²) in [4.78, 5) is 0. The van der Waals surface area contributed by atoms with E-state index >= 15 is 0 Å². The molecular weight excluding hydrogens is 268 g/mol. The van der Waals surface area contributed by atoms with E-state index in [2.05, 4.69) is 36.6 Å². The van der Waals surface area contributed by atoms with E-state index in [1.807, 2.05) is 0 Å². The molecular formula is C20H32N2. The van der Waals surface area contributed by atoms with Gasteiger partial charge in [-0.1, -0.05) is 38.5 Å². The summed E-state index contributed by atoms with van der Waals surface area (Å²) in [5.41, 5.74) is 5.46. The summed E-state index contributed by atoms with van der Waals surface area (Å²) in [5, 5.41) is 7.59. The summed E-state index contributed by atoms with van der Waals surface area (Å²) in [6.45, 7) is 4.49. The van der Waals surface area contributed by atoms with Crippen molar-refractivity contribution in [3.05, 3.63) is 23.3 Å². The number of nitrogens with one attached hydrogen (secondary N) is 2. The van der Waals surface area contributed by atoms with E-state index in [4.69, 9.17) is 0 Å². The molecule has 2 nitrogen and oxygen atoms in total. The van der Waals surface area contributed by atoms with Gasteiger partial charge in [0, 0.05) is 23.5 Å². The van der Waals surface area contributed by atoms with Crippen LogP contribution in [-0.2, 0) is 0 Å². The average molecular weight is 300 g/mol. The molecule has 22 heavy (non-hydrogen) atoms. The number of rotatable bonds is 4. The highest BCUT2D eigenvalue weighted by Crippen LogP contribution is 2.30. The number of aryl methyl sites for hydroxylation is 2. The smallest absolute Gasteiger partial charge is 0.0376 e. The summed E-state index contributed by atoms with van der Waals surface area (Å²) in [5.74, 6) is 0. The molecule has 0 radical (unpaired) electrons. The van der Waals surface area contributed by atoms with E-state index in [9.17, 15) is 0 Å². The highest BCUT2D eigenvalue weighted by atomic mass is 14.9. The molecule has 0 unspecified atom stereocenters. The monoisotopic (exact) mass is 300 g/mol. The fourth-order valence-electron chi connectivity index (χ4n) is 4.06. The van der Waals surface area contributed by atoms with Gasteiger partial charge in [-0.3, -0.25) is 0 Å². The van der Waals surface area contributed by atoms with Crippen LogP contribution in [0, 0.1) is 13.8 Å². The van der Waals surface area contributed by atoms with Gasteiger partial charge in [-0.2, -0.15) is 0 Å². The molecule has 0 aliphatic heterocycles. The summed E-state index contributed by atoms with van der Waals surface area (Å²) < 4.78 is 0. The molecule has 0 atom stereocenters. The predicted molar refractivity (Wildman–Crippen MR) is 96.9 cm³/mol. The third-order valence-corrected chi connectivity index (χ3v) is 5.50. The Hall–Kier alpha value is -1.18. The minimum Gasteiger partial charge on any atom is -0.382 e. The first-order chi connectivity index (χ1) is 10.7. The van der Waals surface area contributed by atoms with Crippen molar-refractivity contribution in [2.24, 2.45) is 0 Å². The third kappa shape index (κ3) is 3.97. The number of benzene rings is 1. The van der Waals surface area contributed by atoms with Crippen LogP contribution in [0.5, 0.6) is 0 Å². The summed E-state index contributed by atoms with van der Waals surface area (Å²) in [6, 6.07) is 6.08. The van der Waals surface area contributed by atoms with Crippen LogP contribution >= 0.6 is 0 Å². The molecule has 1 aromatic rings. The van der Waals surface area contributed by atoms with Crippen LogP contribution < -0.4 is 10.6 Å². The average Bonchev–Trinajstić information content (AvgIpc) is 2.54. The lowest BCUT2D eigenvalue weighted by Gasteiger charge is -2.27. The van der Waals surface area contributed by atoms with Crippen molar-refractivity contribution in [1.82, 2.24) is 0 Å². The molecule has 0 aromatic heterocycles. The third-order valence-electron chi connectivity index (χ3n) is 5.50. The van der Waals surface area contributed by atoms with Crippen molar-refractivity contribution in [3.63, 3.8) is 0 Å². The lowest BCUT2D eigenvalue weighted by atomic mass is 9.94. The van der Waals surface area contributed by atoms with Gasteiger partial charge in [0.15, 0.2) is 0 Å². The lowest BCUT2D eigenvalue weighted by molar-refractivity contribution is 0.462. The van der Waals surface area contributed by atoms with Gasteiger partial charge in [0.05, 0.1) is 0 Å². The van der Waals surface area contributed by atoms with Crippen molar-refractivity contribution in [3.8, 4) is 0 Å². The van der Waals surface area contributed by atoms with Gasteiger partial charge in [0.2, 0.25) is 0 Å². The summed E-state index contributed by atoms with van der Waals surface area (Å²) in [6.07, 6.45) is 13.7. The van der Waals surface area contributed by atoms with Crippen molar-refractivity contribution in [2.75, 3.05) is 10.6 Å². The number of anilines is 2. The highest BCUT2D eigenvalue weighted by Gasteiger charge is 2.16. The maximum Gasteiger partial charge on any atom is 0.0376 e. The molecule has 0 bridgehead atoms. The molecule has 2 aliphatic rings. The zero-order valence-electron chi connectivity index (χ0n) is 14.4. The second kappa shape index (κ2) is 7.39. The first-order valence-corrected chi connectivity index (χ1v) is 9.37. The van der Waals surface area contributed by atoms with Crippen LogP contribution in [0.4, 0.5) is 11.4 Å². The fourth-order valence-corrected chi connectivity index (χ4v) is 4.06. The molecule has 0 spiro atoms. The van der Waals surface area contributed by atoms with Gasteiger partial charge >= 0.3 is 0 Å². The van der Waals surface area contributed by atoms with E-state index < -0.39 is 0 Å². The van der Waals surface area contributed by atoms with Crippen molar-refractivity contribution in [1.29, 1.82) is 0 Å². The Morgan fingerprint density at radius 3 is 1.36 bits per heavy atom. The molecule has 0 heterocycles. The Morgan fingerprint density at radius 1 is 0.636 bits per heavy atom. The van der Waals surface area contributed by atoms with Gasteiger partial charge < -0.3 is 10.6 Å². The van der Waals surface area contributed by atoms with E-state index in [0.717, 1.165) is 0 Å². The maximum absolute atomic E-state index is 3.79. The van der Waals surface area contributed by atoms with Gasteiger partial charge in [0.1, 0.15) is 0 Å². The molecule has 0 amide bonds. The van der Waals surface area contributed by atoms with Crippen LogP contribution in [0.15, 0.2) is 12.1 Å². The predicted octanol–water partition coefficient (Wildman–Crippen LogP) is 5.79. The molecule has 2 heteroatoms. The molecule has 2 saturated carbocycles. The molecule has 3 rings (SSSR count). The van der Waals surface area contributed by atoms with Gasteiger partial charge in [-0.05, 0) is 62.8 Å². The topological polar surface area (TPSA) is 24.1 Å². The SMILES string of the molecule is Cc1cc(NC2CCCCC2)c(C)cc1NC1CCCCC1. The first-order valence-electron chi connectivity index (χ1n) is 9.37. The van der Waals surface area contributed by atoms with Crippen molar-refractivity contribution < 1.29 is 0 Å². The van der Waals surface area contributed by atoms with Crippen molar-refractivity contribution in [2.45, 2.75) is 90.1 Å². The summed E-state index contributed by atoms with van der Waals surface area (Å²) in [7, 11) is 0. The van der Waals surface area contributed by atoms with Crippen molar-refractivity contribution >= 4 is 11.4 Å². The first kappa shape index (κ1) is 15.7. The molecule has 2 N–H and O–H groups in total. The van der Waals surface area contributed by atoms with E-state index in [1.165, 1.54) is 86.7 Å². The Balaban J connectivity index is 1.67. The second-order valence-electron chi connectivity index (χ2n) is 7.44. The molecule has 2 aliphatic carbocycles. The zero-order chi connectivity index (χ0) is 15.4. The second-order valence-corrected chi connectivity index (χ2v) is 7.44. The van der Waals surface area contributed by atoms with Crippen LogP contribution in [0.25, 0.3) is 0 Å². The van der Waals surface area contributed by atoms with E-state index in [1.54, 1.807) is 0 Å². The maximum atomic E-state index is 3.79. The van der Waals surface area contributed by atoms with Crippen LogP contribution in [0.2, 0.25) is 0 Å². The lowest BCUT2D eigenvalue weighted by Crippen LogP contribution is -2.24. The quantitative estimate of drug-likeness (QED) is 0.735. The molecule has 122 valence electrons. The zero-order valence-corrected chi connectivity index (χ0v) is 14.4. The van der Waals surface area contributed by atoms with Crippen LogP contribution in [0.1, 0.15) is 75.3 Å². The van der Waals surface area contributed by atoms with Gasteiger partial charge in [0.25, 0.3) is 0 Å². The van der Waals surface area contributed by atoms with Gasteiger partial charge in [-0.15, -0.1) is 0 Å². The standard InChI is InChI=1S/C20H32N2/c1-15-13-20(22-18-11-7-4-8-12-18)16(2)14-19(15)21-17-9-5-3-6-10-17/h13-14,17-18,21-22H,3-12H2,1-2H3.